The summed E-state index contributed by atoms with van der Waals surface area (Å²) >= 11 is 5.86. The number of amides is 1. The second-order valence-corrected chi connectivity index (χ2v) is 5.26. The summed E-state index contributed by atoms with van der Waals surface area (Å²) in [5, 5.41) is 0.648. The Morgan fingerprint density at radius 3 is 2.37 bits per heavy atom. The first-order valence-electron chi connectivity index (χ1n) is 6.08. The van der Waals surface area contributed by atoms with E-state index < -0.39 is 11.4 Å². The Hall–Kier alpha value is -1.55. The normalized spacial score (nSPS) is 15.7. The number of hydrogen-bond donors (Lipinski definition) is 0. The van der Waals surface area contributed by atoms with Crippen molar-refractivity contribution in [1.82, 2.24) is 4.90 Å². The highest BCUT2D eigenvalue weighted by atomic mass is 35.5. The number of methoxy groups -OCH3 is 1. The van der Waals surface area contributed by atoms with E-state index >= 15 is 0 Å². The van der Waals surface area contributed by atoms with Crippen molar-refractivity contribution >= 4 is 23.5 Å². The number of esters is 1. The van der Waals surface area contributed by atoms with Crippen molar-refractivity contribution < 1.29 is 14.3 Å². The Morgan fingerprint density at radius 2 is 1.89 bits per heavy atom. The van der Waals surface area contributed by atoms with E-state index in [0.29, 0.717) is 5.02 Å². The lowest BCUT2D eigenvalue weighted by atomic mass is 9.94. The number of likely N-dealkylation sites (N-methyl/N-ethyl adjacent to an activating group) is 1. The van der Waals surface area contributed by atoms with Crippen LogP contribution in [-0.4, -0.2) is 37.5 Å². The fraction of sp³-hybridized carbons (Fsp3) is 0.429. The number of nitrogens with zero attached hydrogens (tertiary/aromatic N) is 1. The lowest BCUT2D eigenvalue weighted by Crippen LogP contribution is -2.39. The Labute approximate surface area is 117 Å². The average Bonchev–Trinajstić information content (AvgIpc) is 3.20. The molecular weight excluding hydrogens is 266 g/mol. The van der Waals surface area contributed by atoms with Gasteiger partial charge in [-0.25, -0.2) is 0 Å². The third-order valence-corrected chi connectivity index (χ3v) is 3.75. The molecule has 0 heterocycles. The predicted molar refractivity (Wildman–Crippen MR) is 72.0 cm³/mol. The molecular formula is C14H16ClNO3. The van der Waals surface area contributed by atoms with Crippen LogP contribution in [0.1, 0.15) is 18.4 Å². The lowest BCUT2D eigenvalue weighted by Gasteiger charge is -2.22. The summed E-state index contributed by atoms with van der Waals surface area (Å²) in [5.74, 6) is -0.456. The van der Waals surface area contributed by atoms with Gasteiger partial charge >= 0.3 is 5.97 Å². The summed E-state index contributed by atoms with van der Waals surface area (Å²) in [7, 11) is 2.93. The molecule has 0 aromatic heterocycles. The molecule has 0 N–H and O–H groups in total. The third kappa shape index (κ3) is 2.73. The van der Waals surface area contributed by atoms with Crippen LogP contribution in [0.2, 0.25) is 5.02 Å². The van der Waals surface area contributed by atoms with Crippen LogP contribution in [0.25, 0.3) is 0 Å². The molecule has 4 nitrogen and oxygen atoms in total. The summed E-state index contributed by atoms with van der Waals surface area (Å²) in [4.78, 5) is 25.1. The maximum absolute atomic E-state index is 12.4. The van der Waals surface area contributed by atoms with E-state index in [1.165, 1.54) is 12.0 Å². The lowest BCUT2D eigenvalue weighted by molar-refractivity contribution is -0.146. The standard InChI is InChI=1S/C14H16ClNO3/c1-16(9-12(17)19-2)13(18)14(7-8-14)10-3-5-11(15)6-4-10/h3-6H,7-9H2,1-2H3. The van der Waals surface area contributed by atoms with E-state index in [9.17, 15) is 9.59 Å². The van der Waals surface area contributed by atoms with Crippen molar-refractivity contribution in [3.63, 3.8) is 0 Å². The molecule has 1 aromatic rings. The zero-order chi connectivity index (χ0) is 14.0. The van der Waals surface area contributed by atoms with Gasteiger partial charge in [0.15, 0.2) is 0 Å². The molecule has 2 rings (SSSR count). The van der Waals surface area contributed by atoms with Gasteiger partial charge in [0, 0.05) is 12.1 Å². The number of ether oxygens (including phenoxy) is 1. The third-order valence-electron chi connectivity index (χ3n) is 3.50. The van der Waals surface area contributed by atoms with Gasteiger partial charge < -0.3 is 9.64 Å². The van der Waals surface area contributed by atoms with Crippen molar-refractivity contribution in [2.75, 3.05) is 20.7 Å². The molecule has 1 saturated carbocycles. The maximum Gasteiger partial charge on any atom is 0.325 e. The summed E-state index contributed by atoms with van der Waals surface area (Å²) in [6, 6.07) is 7.31. The molecule has 0 spiro atoms. The van der Waals surface area contributed by atoms with Crippen LogP contribution < -0.4 is 0 Å². The monoisotopic (exact) mass is 281 g/mol. The minimum Gasteiger partial charge on any atom is -0.468 e. The second-order valence-electron chi connectivity index (χ2n) is 4.83. The van der Waals surface area contributed by atoms with Gasteiger partial charge in [-0.1, -0.05) is 23.7 Å². The Balaban J connectivity index is 2.14. The average molecular weight is 282 g/mol. The van der Waals surface area contributed by atoms with Crippen molar-refractivity contribution in [3.05, 3.63) is 34.9 Å². The van der Waals surface area contributed by atoms with Crippen LogP contribution in [-0.2, 0) is 19.7 Å². The molecule has 5 heteroatoms. The highest BCUT2D eigenvalue weighted by molar-refractivity contribution is 6.30. The van der Waals surface area contributed by atoms with Gasteiger partial charge in [-0.2, -0.15) is 0 Å². The minimum absolute atomic E-state index is 0.0231. The summed E-state index contributed by atoms with van der Waals surface area (Å²) in [6.45, 7) is -0.0231. The topological polar surface area (TPSA) is 46.6 Å². The van der Waals surface area contributed by atoms with E-state index in [-0.39, 0.29) is 12.5 Å². The Bertz CT molecular complexity index is 494. The smallest absolute Gasteiger partial charge is 0.325 e. The fourth-order valence-electron chi connectivity index (χ4n) is 2.22. The number of hydrogen-bond acceptors (Lipinski definition) is 3. The number of rotatable bonds is 4. The van der Waals surface area contributed by atoms with E-state index in [0.717, 1.165) is 18.4 Å². The molecule has 1 amide bonds. The van der Waals surface area contributed by atoms with Crippen LogP contribution in [0.15, 0.2) is 24.3 Å². The molecule has 1 aliphatic carbocycles. The van der Waals surface area contributed by atoms with Crippen molar-refractivity contribution in [2.45, 2.75) is 18.3 Å². The summed E-state index contributed by atoms with van der Waals surface area (Å²) < 4.78 is 4.58. The van der Waals surface area contributed by atoms with Crippen molar-refractivity contribution in [2.24, 2.45) is 0 Å². The number of carbonyl (C=O) groups excluding carboxylic acids is 2. The molecule has 19 heavy (non-hydrogen) atoms. The molecule has 0 aliphatic heterocycles. The van der Waals surface area contributed by atoms with Gasteiger partial charge in [0.1, 0.15) is 6.54 Å². The van der Waals surface area contributed by atoms with Crippen molar-refractivity contribution in [3.8, 4) is 0 Å². The minimum atomic E-state index is -0.479. The molecule has 0 saturated heterocycles. The van der Waals surface area contributed by atoms with Gasteiger partial charge in [0.05, 0.1) is 12.5 Å². The van der Waals surface area contributed by atoms with Crippen LogP contribution >= 0.6 is 11.6 Å². The van der Waals surface area contributed by atoms with Crippen LogP contribution in [0.3, 0.4) is 0 Å². The summed E-state index contributed by atoms with van der Waals surface area (Å²) in [5.41, 5.74) is 0.478. The molecule has 1 aliphatic rings. The quantitative estimate of drug-likeness (QED) is 0.793. The Kier molecular flexibility index (Phi) is 3.80. The van der Waals surface area contributed by atoms with Crippen LogP contribution in [0.4, 0.5) is 0 Å². The van der Waals surface area contributed by atoms with Gasteiger partial charge in [0.2, 0.25) is 5.91 Å². The van der Waals surface area contributed by atoms with Gasteiger partial charge in [-0.3, -0.25) is 9.59 Å². The molecule has 1 aromatic carbocycles. The molecule has 0 atom stereocenters. The maximum atomic E-state index is 12.4. The molecule has 0 unspecified atom stereocenters. The van der Waals surface area contributed by atoms with Crippen molar-refractivity contribution in [1.29, 1.82) is 0 Å². The van der Waals surface area contributed by atoms with Gasteiger partial charge in [0.25, 0.3) is 0 Å². The first kappa shape index (κ1) is 13.9. The zero-order valence-corrected chi connectivity index (χ0v) is 11.7. The highest BCUT2D eigenvalue weighted by Gasteiger charge is 2.52. The SMILES string of the molecule is COC(=O)CN(C)C(=O)C1(c2ccc(Cl)cc2)CC1. The molecule has 0 bridgehead atoms. The van der Waals surface area contributed by atoms with Gasteiger partial charge in [-0.05, 0) is 30.5 Å². The number of benzene rings is 1. The second kappa shape index (κ2) is 5.21. The first-order valence-corrected chi connectivity index (χ1v) is 6.46. The zero-order valence-electron chi connectivity index (χ0n) is 11.0. The number of halogens is 1. The van der Waals surface area contributed by atoms with E-state index in [1.807, 2.05) is 12.1 Å². The first-order chi connectivity index (χ1) is 8.99. The molecule has 102 valence electrons. The predicted octanol–water partition coefficient (Wildman–Crippen LogP) is 2.00. The Morgan fingerprint density at radius 1 is 1.32 bits per heavy atom. The summed E-state index contributed by atoms with van der Waals surface area (Å²) in [6.07, 6.45) is 1.61. The van der Waals surface area contributed by atoms with E-state index in [4.69, 9.17) is 11.6 Å². The highest BCUT2D eigenvalue weighted by Crippen LogP contribution is 2.49. The van der Waals surface area contributed by atoms with E-state index in [2.05, 4.69) is 4.74 Å². The van der Waals surface area contributed by atoms with Crippen LogP contribution in [0, 0.1) is 0 Å². The van der Waals surface area contributed by atoms with E-state index in [1.54, 1.807) is 19.2 Å². The molecule has 1 fully saturated rings. The fourth-order valence-corrected chi connectivity index (χ4v) is 2.34. The number of carbonyl (C=O) groups is 2. The molecule has 0 radical (unpaired) electrons. The van der Waals surface area contributed by atoms with Crippen LogP contribution in [0.5, 0.6) is 0 Å². The van der Waals surface area contributed by atoms with Gasteiger partial charge in [-0.15, -0.1) is 0 Å². The largest absolute Gasteiger partial charge is 0.468 e.